The second-order valence-electron chi connectivity index (χ2n) is 13.5. The number of hydrogen-bond acceptors (Lipinski definition) is 6. The Hall–Kier alpha value is -2.71. The second kappa shape index (κ2) is 12.7. The van der Waals surface area contributed by atoms with E-state index in [1.165, 1.54) is 25.3 Å². The molecule has 2 amide bonds. The van der Waals surface area contributed by atoms with Gasteiger partial charge in [0, 0.05) is 5.92 Å². The van der Waals surface area contributed by atoms with Gasteiger partial charge in [-0.25, -0.2) is 4.79 Å². The average molecular weight is 572 g/mol. The zero-order valence-corrected chi connectivity index (χ0v) is 25.5. The van der Waals surface area contributed by atoms with Crippen molar-refractivity contribution in [3.63, 3.8) is 0 Å². The standard InChI is InChI=1S/C32H49N3O6/c1-6-7-8-27(30(39)40)34-29(38)19(2)33-28(37)18-41-35-22-13-15-31(4)21(17-22)9-10-23-25-12-11-24(20(3)36)32(25,5)16-14-26(23)31/h17,19,23-27H,6-16,18H2,1-5H3,(H,33,37)(H,34,38)(H,39,40)/b35-22+/t19-,23+,24+,25-,26+,27-,31-,32+/m0/s1. The molecule has 0 aromatic carbocycles. The Morgan fingerprint density at radius 2 is 1.83 bits per heavy atom. The summed E-state index contributed by atoms with van der Waals surface area (Å²) in [7, 11) is 0. The number of nitrogens with zero attached hydrogens (tertiary/aromatic N) is 1. The highest BCUT2D eigenvalue weighted by atomic mass is 16.6. The lowest BCUT2D eigenvalue weighted by Crippen LogP contribution is -2.51. The molecule has 8 atom stereocenters. The van der Waals surface area contributed by atoms with Crippen molar-refractivity contribution in [2.75, 3.05) is 6.61 Å². The predicted molar refractivity (Wildman–Crippen MR) is 156 cm³/mol. The third kappa shape index (κ3) is 6.38. The SMILES string of the molecule is CCCC[C@H](NC(=O)[C@H](C)NC(=O)CO/N=C1/C=C2CC[C@H]3[C@@H](CC[C@]4(C)[C@@H](C(C)=O)CC[C@@H]34)[C@@]2(C)CC1)C(=O)O. The number of fused-ring (bicyclic) bond motifs is 5. The molecule has 0 unspecified atom stereocenters. The zero-order chi connectivity index (χ0) is 29.9. The molecule has 0 radical (unpaired) electrons. The van der Waals surface area contributed by atoms with Gasteiger partial charge in [0.05, 0.1) is 5.71 Å². The molecule has 0 aromatic heterocycles. The number of unbranched alkanes of at least 4 members (excludes halogenated alkanes) is 1. The Bertz CT molecular complexity index is 1100. The summed E-state index contributed by atoms with van der Waals surface area (Å²) in [5.74, 6) is 0.427. The van der Waals surface area contributed by atoms with Crippen molar-refractivity contribution in [2.24, 2.45) is 39.7 Å². The third-order valence-electron chi connectivity index (χ3n) is 11.1. The van der Waals surface area contributed by atoms with Gasteiger partial charge in [-0.05, 0) is 106 Å². The third-order valence-corrected chi connectivity index (χ3v) is 11.1. The smallest absolute Gasteiger partial charge is 0.326 e. The largest absolute Gasteiger partial charge is 0.480 e. The van der Waals surface area contributed by atoms with E-state index in [4.69, 9.17) is 4.84 Å². The highest BCUT2D eigenvalue weighted by Crippen LogP contribution is 2.66. The van der Waals surface area contributed by atoms with Crippen LogP contribution in [0.25, 0.3) is 0 Å². The minimum atomic E-state index is -1.09. The zero-order valence-electron chi connectivity index (χ0n) is 25.5. The number of oxime groups is 1. The summed E-state index contributed by atoms with van der Waals surface area (Å²) in [5, 5.41) is 18.6. The van der Waals surface area contributed by atoms with Crippen molar-refractivity contribution in [3.05, 3.63) is 11.6 Å². The average Bonchev–Trinajstić information content (AvgIpc) is 3.28. The van der Waals surface area contributed by atoms with Crippen molar-refractivity contribution in [1.29, 1.82) is 0 Å². The van der Waals surface area contributed by atoms with Crippen molar-refractivity contribution < 1.29 is 29.1 Å². The van der Waals surface area contributed by atoms with Gasteiger partial charge in [-0.1, -0.05) is 44.3 Å². The summed E-state index contributed by atoms with van der Waals surface area (Å²) in [5.41, 5.74) is 2.57. The maximum atomic E-state index is 12.4. The lowest BCUT2D eigenvalue weighted by molar-refractivity contribution is -0.142. The van der Waals surface area contributed by atoms with Crippen molar-refractivity contribution in [1.82, 2.24) is 10.6 Å². The second-order valence-corrected chi connectivity index (χ2v) is 13.5. The molecule has 41 heavy (non-hydrogen) atoms. The van der Waals surface area contributed by atoms with Gasteiger partial charge in [0.1, 0.15) is 17.9 Å². The molecule has 9 heteroatoms. The van der Waals surface area contributed by atoms with Gasteiger partial charge in [-0.3, -0.25) is 14.4 Å². The first kappa shape index (κ1) is 31.2. The molecular weight excluding hydrogens is 522 g/mol. The van der Waals surface area contributed by atoms with E-state index in [2.05, 4.69) is 35.7 Å². The fourth-order valence-electron chi connectivity index (χ4n) is 8.80. The lowest BCUT2D eigenvalue weighted by Gasteiger charge is -2.58. The number of ketones is 1. The molecule has 0 aromatic rings. The van der Waals surface area contributed by atoms with Gasteiger partial charge in [-0.15, -0.1) is 0 Å². The number of aliphatic carboxylic acids is 1. The van der Waals surface area contributed by atoms with Crippen molar-refractivity contribution in [3.8, 4) is 0 Å². The molecule has 0 heterocycles. The van der Waals surface area contributed by atoms with Crippen LogP contribution in [-0.4, -0.2) is 53.1 Å². The van der Waals surface area contributed by atoms with Crippen LogP contribution in [0.3, 0.4) is 0 Å². The Balaban J connectivity index is 1.30. The highest BCUT2D eigenvalue weighted by Gasteiger charge is 2.59. The molecule has 0 aliphatic heterocycles. The quantitative estimate of drug-likeness (QED) is 0.305. The van der Waals surface area contributed by atoms with E-state index >= 15 is 0 Å². The summed E-state index contributed by atoms with van der Waals surface area (Å²) in [6.45, 7) is 9.73. The van der Waals surface area contributed by atoms with E-state index in [-0.39, 0.29) is 23.4 Å². The fourth-order valence-corrected chi connectivity index (χ4v) is 8.80. The molecule has 3 N–H and O–H groups in total. The number of allylic oxidation sites excluding steroid dienone is 2. The summed E-state index contributed by atoms with van der Waals surface area (Å²) in [6, 6.07) is -1.86. The minimum Gasteiger partial charge on any atom is -0.480 e. The van der Waals surface area contributed by atoms with Crippen LogP contribution in [0, 0.1) is 34.5 Å². The maximum Gasteiger partial charge on any atom is 0.326 e. The summed E-state index contributed by atoms with van der Waals surface area (Å²) < 4.78 is 0. The van der Waals surface area contributed by atoms with Gasteiger partial charge in [-0.2, -0.15) is 0 Å². The number of hydrogen-bond donors (Lipinski definition) is 3. The van der Waals surface area contributed by atoms with Gasteiger partial charge in [0.2, 0.25) is 5.91 Å². The van der Waals surface area contributed by atoms with E-state index in [9.17, 15) is 24.3 Å². The lowest BCUT2D eigenvalue weighted by atomic mass is 9.46. The number of carbonyl (C=O) groups excluding carboxylic acids is 3. The number of nitrogens with one attached hydrogen (secondary N) is 2. The maximum absolute atomic E-state index is 12.4. The molecule has 4 aliphatic rings. The van der Waals surface area contributed by atoms with Crippen LogP contribution < -0.4 is 10.6 Å². The number of amides is 2. The van der Waals surface area contributed by atoms with Crippen molar-refractivity contribution >= 4 is 29.3 Å². The molecule has 0 bridgehead atoms. The van der Waals surface area contributed by atoms with Crippen LogP contribution in [0.1, 0.15) is 105 Å². The first-order valence-corrected chi connectivity index (χ1v) is 15.6. The number of Topliss-reactive ketones (excluding diaryl/α,β-unsaturated/α-hetero) is 1. The van der Waals surface area contributed by atoms with Crippen LogP contribution in [0.15, 0.2) is 16.8 Å². The summed E-state index contributed by atoms with van der Waals surface area (Å²) >= 11 is 0. The van der Waals surface area contributed by atoms with E-state index in [1.807, 2.05) is 6.92 Å². The molecule has 3 saturated carbocycles. The van der Waals surface area contributed by atoms with Gasteiger partial charge in [0.15, 0.2) is 6.61 Å². The van der Waals surface area contributed by atoms with E-state index in [0.29, 0.717) is 36.4 Å². The predicted octanol–water partition coefficient (Wildman–Crippen LogP) is 4.79. The molecule has 3 fully saturated rings. The van der Waals surface area contributed by atoms with Gasteiger partial charge >= 0.3 is 5.97 Å². The molecule has 4 aliphatic carbocycles. The topological polar surface area (TPSA) is 134 Å². The van der Waals surface area contributed by atoms with Crippen LogP contribution in [0.2, 0.25) is 0 Å². The molecule has 0 spiro atoms. The van der Waals surface area contributed by atoms with Crippen LogP contribution in [0.4, 0.5) is 0 Å². The van der Waals surface area contributed by atoms with Crippen LogP contribution >= 0.6 is 0 Å². The molecule has 9 nitrogen and oxygen atoms in total. The van der Waals surface area contributed by atoms with Crippen LogP contribution in [-0.2, 0) is 24.0 Å². The molecule has 0 saturated heterocycles. The Labute approximate surface area is 244 Å². The minimum absolute atomic E-state index is 0.142. The number of carbonyl (C=O) groups is 4. The number of carboxylic acids is 1. The van der Waals surface area contributed by atoms with E-state index < -0.39 is 29.9 Å². The van der Waals surface area contributed by atoms with Crippen LogP contribution in [0.5, 0.6) is 0 Å². The number of rotatable bonds is 11. The van der Waals surface area contributed by atoms with E-state index in [1.54, 1.807) is 6.92 Å². The molecule has 4 rings (SSSR count). The first-order chi connectivity index (χ1) is 19.4. The summed E-state index contributed by atoms with van der Waals surface area (Å²) in [6.07, 6.45) is 12.6. The van der Waals surface area contributed by atoms with Crippen molar-refractivity contribution in [2.45, 2.75) is 117 Å². The molecular formula is C32H49N3O6. The normalized spacial score (nSPS) is 34.8. The van der Waals surface area contributed by atoms with Gasteiger partial charge in [0.25, 0.3) is 5.91 Å². The van der Waals surface area contributed by atoms with E-state index in [0.717, 1.165) is 50.7 Å². The Morgan fingerprint density at radius 1 is 1.07 bits per heavy atom. The highest BCUT2D eigenvalue weighted by molar-refractivity contribution is 5.96. The summed E-state index contributed by atoms with van der Waals surface area (Å²) in [4.78, 5) is 53.9. The molecule has 228 valence electrons. The Morgan fingerprint density at radius 3 is 2.51 bits per heavy atom. The van der Waals surface area contributed by atoms with Gasteiger partial charge < -0.3 is 20.6 Å². The fraction of sp³-hybridized carbons (Fsp3) is 0.781. The monoisotopic (exact) mass is 571 g/mol. The Kier molecular flexibility index (Phi) is 9.64. The number of carboxylic acid groups (broad SMARTS) is 1. The first-order valence-electron chi connectivity index (χ1n) is 15.6.